The Morgan fingerprint density at radius 3 is 2.24 bits per heavy atom. The summed E-state index contributed by atoms with van der Waals surface area (Å²) >= 11 is 0. The van der Waals surface area contributed by atoms with E-state index in [0.717, 1.165) is 45.6 Å². The van der Waals surface area contributed by atoms with Gasteiger partial charge in [0.05, 0.1) is 0 Å². The van der Waals surface area contributed by atoms with Crippen LogP contribution in [0.15, 0.2) is 24.3 Å². The molecule has 0 unspecified atom stereocenters. The maximum Gasteiger partial charge on any atom is 0.225 e. The summed E-state index contributed by atoms with van der Waals surface area (Å²) < 4.78 is 0. The van der Waals surface area contributed by atoms with Gasteiger partial charge in [-0.3, -0.25) is 9.69 Å². The van der Waals surface area contributed by atoms with E-state index in [1.807, 2.05) is 0 Å². The minimum absolute atomic E-state index is 0.361. The summed E-state index contributed by atoms with van der Waals surface area (Å²) in [4.78, 5) is 16.6. The maximum atomic E-state index is 12.0. The molecule has 1 aromatic carbocycles. The third-order valence-corrected chi connectivity index (χ3v) is 4.66. The molecule has 1 aromatic rings. The predicted octanol–water partition coefficient (Wildman–Crippen LogP) is 2.86. The van der Waals surface area contributed by atoms with Gasteiger partial charge in [0.25, 0.3) is 0 Å². The van der Waals surface area contributed by atoms with Crippen LogP contribution in [0, 0.1) is 5.92 Å². The van der Waals surface area contributed by atoms with E-state index >= 15 is 0 Å². The van der Waals surface area contributed by atoms with E-state index in [2.05, 4.69) is 47.9 Å². The lowest BCUT2D eigenvalue weighted by Crippen LogP contribution is -2.48. The Morgan fingerprint density at radius 1 is 1.10 bits per heavy atom. The van der Waals surface area contributed by atoms with Crippen LogP contribution in [0.4, 0.5) is 0 Å². The molecule has 1 aliphatic heterocycles. The van der Waals surface area contributed by atoms with E-state index in [0.29, 0.717) is 17.7 Å². The van der Waals surface area contributed by atoms with E-state index in [-0.39, 0.29) is 0 Å². The first-order valence-electron chi connectivity index (χ1n) is 8.23. The van der Waals surface area contributed by atoms with Gasteiger partial charge in [0.1, 0.15) is 0 Å². The van der Waals surface area contributed by atoms with Crippen molar-refractivity contribution in [1.82, 2.24) is 9.80 Å². The molecule has 2 aliphatic rings. The van der Waals surface area contributed by atoms with Gasteiger partial charge in [0, 0.05) is 38.6 Å². The molecule has 1 saturated heterocycles. The summed E-state index contributed by atoms with van der Waals surface area (Å²) in [5.41, 5.74) is 2.78. The molecule has 0 bridgehead atoms. The van der Waals surface area contributed by atoms with Gasteiger partial charge < -0.3 is 4.90 Å². The Morgan fingerprint density at radius 2 is 1.71 bits per heavy atom. The fourth-order valence-electron chi connectivity index (χ4n) is 2.98. The zero-order valence-electron chi connectivity index (χ0n) is 13.2. The number of carbonyl (C=O) groups excluding carboxylic acids is 1. The summed E-state index contributed by atoms with van der Waals surface area (Å²) in [6.07, 6.45) is 2.22. The van der Waals surface area contributed by atoms with Crippen molar-refractivity contribution >= 4 is 5.91 Å². The topological polar surface area (TPSA) is 23.6 Å². The lowest BCUT2D eigenvalue weighted by molar-refractivity contribution is -0.134. The largest absolute Gasteiger partial charge is 0.340 e. The quantitative estimate of drug-likeness (QED) is 0.849. The van der Waals surface area contributed by atoms with Gasteiger partial charge in [-0.1, -0.05) is 38.1 Å². The Balaban J connectivity index is 1.49. The Kier molecular flexibility index (Phi) is 4.29. The molecule has 2 fully saturated rings. The van der Waals surface area contributed by atoms with Crippen molar-refractivity contribution in [2.24, 2.45) is 5.92 Å². The molecular formula is C18H26N2O. The fraction of sp³-hybridized carbons (Fsp3) is 0.611. The van der Waals surface area contributed by atoms with Gasteiger partial charge in [0.15, 0.2) is 0 Å². The summed E-state index contributed by atoms with van der Waals surface area (Å²) in [7, 11) is 0. The van der Waals surface area contributed by atoms with Crippen molar-refractivity contribution in [2.45, 2.75) is 39.2 Å². The van der Waals surface area contributed by atoms with Crippen LogP contribution in [0.25, 0.3) is 0 Å². The predicted molar refractivity (Wildman–Crippen MR) is 85.1 cm³/mol. The second-order valence-corrected chi connectivity index (χ2v) is 6.77. The van der Waals surface area contributed by atoms with Crippen molar-refractivity contribution in [3.63, 3.8) is 0 Å². The monoisotopic (exact) mass is 286 g/mol. The first-order valence-corrected chi connectivity index (χ1v) is 8.23. The Hall–Kier alpha value is -1.35. The second-order valence-electron chi connectivity index (χ2n) is 6.77. The lowest BCUT2D eigenvalue weighted by atomic mass is 10.0. The number of hydrogen-bond acceptors (Lipinski definition) is 2. The molecule has 0 aromatic heterocycles. The molecule has 0 radical (unpaired) electrons. The first kappa shape index (κ1) is 14.6. The van der Waals surface area contributed by atoms with E-state index < -0.39 is 0 Å². The number of amides is 1. The molecule has 3 heteroatoms. The van der Waals surface area contributed by atoms with Crippen molar-refractivity contribution in [2.75, 3.05) is 26.2 Å². The number of carbonyl (C=O) groups is 1. The third kappa shape index (κ3) is 3.65. The van der Waals surface area contributed by atoms with E-state index in [4.69, 9.17) is 0 Å². The van der Waals surface area contributed by atoms with Gasteiger partial charge in [0.2, 0.25) is 5.91 Å². The molecule has 0 N–H and O–H groups in total. The average Bonchev–Trinajstić information content (AvgIpc) is 3.32. The van der Waals surface area contributed by atoms with Crippen LogP contribution in [-0.2, 0) is 11.3 Å². The number of nitrogens with zero attached hydrogens (tertiary/aromatic N) is 2. The van der Waals surface area contributed by atoms with Gasteiger partial charge in [-0.2, -0.15) is 0 Å². The molecule has 3 rings (SSSR count). The fourth-order valence-corrected chi connectivity index (χ4v) is 2.98. The van der Waals surface area contributed by atoms with Crippen molar-refractivity contribution in [1.29, 1.82) is 0 Å². The van der Waals surface area contributed by atoms with Crippen LogP contribution in [0.1, 0.15) is 43.7 Å². The second kappa shape index (κ2) is 6.18. The Bertz CT molecular complexity index is 482. The average molecular weight is 286 g/mol. The lowest BCUT2D eigenvalue weighted by Gasteiger charge is -2.35. The zero-order valence-corrected chi connectivity index (χ0v) is 13.2. The van der Waals surface area contributed by atoms with Crippen LogP contribution in [0.2, 0.25) is 0 Å². The highest BCUT2D eigenvalue weighted by molar-refractivity contribution is 5.81. The third-order valence-electron chi connectivity index (χ3n) is 4.66. The maximum absolute atomic E-state index is 12.0. The van der Waals surface area contributed by atoms with E-state index in [9.17, 15) is 4.79 Å². The summed E-state index contributed by atoms with van der Waals surface area (Å²) in [6, 6.07) is 8.98. The van der Waals surface area contributed by atoms with Crippen LogP contribution >= 0.6 is 0 Å². The number of hydrogen-bond donors (Lipinski definition) is 0. The van der Waals surface area contributed by atoms with Gasteiger partial charge in [-0.05, 0) is 29.9 Å². The Labute approximate surface area is 127 Å². The highest BCUT2D eigenvalue weighted by Gasteiger charge is 2.34. The highest BCUT2D eigenvalue weighted by Crippen LogP contribution is 2.31. The first-order chi connectivity index (χ1) is 10.1. The normalized spacial score (nSPS) is 20.0. The van der Waals surface area contributed by atoms with Gasteiger partial charge in [-0.15, -0.1) is 0 Å². The van der Waals surface area contributed by atoms with Gasteiger partial charge >= 0.3 is 0 Å². The highest BCUT2D eigenvalue weighted by atomic mass is 16.2. The van der Waals surface area contributed by atoms with Crippen molar-refractivity contribution < 1.29 is 4.79 Å². The smallest absolute Gasteiger partial charge is 0.225 e. The van der Waals surface area contributed by atoms with Crippen molar-refractivity contribution in [3.05, 3.63) is 35.4 Å². The summed E-state index contributed by atoms with van der Waals surface area (Å²) in [5.74, 6) is 1.35. The van der Waals surface area contributed by atoms with Crippen molar-refractivity contribution in [3.8, 4) is 0 Å². The molecule has 1 aliphatic carbocycles. The molecule has 21 heavy (non-hydrogen) atoms. The summed E-state index contributed by atoms with van der Waals surface area (Å²) in [5, 5.41) is 0. The number of rotatable bonds is 4. The van der Waals surface area contributed by atoms with E-state index in [1.165, 1.54) is 11.1 Å². The molecule has 0 atom stereocenters. The molecule has 1 heterocycles. The molecular weight excluding hydrogens is 260 g/mol. The van der Waals surface area contributed by atoms with Crippen LogP contribution in [-0.4, -0.2) is 41.9 Å². The molecule has 114 valence electrons. The summed E-state index contributed by atoms with van der Waals surface area (Å²) in [6.45, 7) is 9.27. The molecule has 1 amide bonds. The molecule has 3 nitrogen and oxygen atoms in total. The molecule has 0 spiro atoms. The minimum Gasteiger partial charge on any atom is -0.340 e. The number of benzene rings is 1. The SMILES string of the molecule is CC(C)c1ccc(CN2CCN(C(=O)C3CC3)CC2)cc1. The van der Waals surface area contributed by atoms with Crippen LogP contribution < -0.4 is 0 Å². The minimum atomic E-state index is 0.361. The van der Waals surface area contributed by atoms with Crippen LogP contribution in [0.5, 0.6) is 0 Å². The van der Waals surface area contributed by atoms with Gasteiger partial charge in [-0.25, -0.2) is 0 Å². The molecule has 1 saturated carbocycles. The zero-order chi connectivity index (χ0) is 14.8. The van der Waals surface area contributed by atoms with E-state index in [1.54, 1.807) is 0 Å². The standard InChI is InChI=1S/C18H26N2O/c1-14(2)16-5-3-15(4-6-16)13-19-9-11-20(12-10-19)18(21)17-7-8-17/h3-6,14,17H,7-13H2,1-2H3. The van der Waals surface area contributed by atoms with Crippen LogP contribution in [0.3, 0.4) is 0 Å². The number of piperazine rings is 1.